The Labute approximate surface area is 138 Å². The maximum absolute atomic E-state index is 12.4. The molecular weight excluding hydrogens is 366 g/mol. The third kappa shape index (κ3) is 2.69. The van der Waals surface area contributed by atoms with Crippen LogP contribution in [0.2, 0.25) is 0 Å². The fraction of sp³-hybridized carbons (Fsp3) is 0.133. The van der Waals surface area contributed by atoms with E-state index >= 15 is 0 Å². The summed E-state index contributed by atoms with van der Waals surface area (Å²) in [5.74, 6) is -0.373. The molecule has 3 rings (SSSR count). The van der Waals surface area contributed by atoms with Gasteiger partial charge in [0.25, 0.3) is 11.5 Å². The average Bonchev–Trinajstić information content (AvgIpc) is 2.94. The molecule has 2 heterocycles. The SMILES string of the molecule is CCc1cc2c(=O)n(NC(=O)c3ccccc3Br)cnc2s1. The molecule has 0 aliphatic heterocycles. The van der Waals surface area contributed by atoms with E-state index in [1.165, 1.54) is 17.7 Å². The van der Waals surface area contributed by atoms with Crippen molar-refractivity contribution < 1.29 is 4.79 Å². The van der Waals surface area contributed by atoms with Crippen molar-refractivity contribution in [3.63, 3.8) is 0 Å². The number of aromatic nitrogens is 2. The molecule has 5 nitrogen and oxygen atoms in total. The third-order valence-electron chi connectivity index (χ3n) is 3.19. The summed E-state index contributed by atoms with van der Waals surface area (Å²) in [5.41, 5.74) is 2.74. The molecule has 1 amide bonds. The molecule has 0 aliphatic carbocycles. The van der Waals surface area contributed by atoms with Crippen LogP contribution >= 0.6 is 27.3 Å². The van der Waals surface area contributed by atoms with Crippen LogP contribution in [0.5, 0.6) is 0 Å². The zero-order valence-corrected chi connectivity index (χ0v) is 14.1. The highest BCUT2D eigenvalue weighted by Gasteiger charge is 2.13. The van der Waals surface area contributed by atoms with E-state index in [0.717, 1.165) is 16.0 Å². The molecule has 112 valence electrons. The summed E-state index contributed by atoms with van der Waals surface area (Å²) in [6.45, 7) is 2.03. The highest BCUT2D eigenvalue weighted by Crippen LogP contribution is 2.21. The summed E-state index contributed by atoms with van der Waals surface area (Å²) in [4.78, 5) is 30.7. The quantitative estimate of drug-likeness (QED) is 0.762. The van der Waals surface area contributed by atoms with Gasteiger partial charge >= 0.3 is 0 Å². The minimum Gasteiger partial charge on any atom is -0.267 e. The molecule has 2 aromatic heterocycles. The lowest BCUT2D eigenvalue weighted by Crippen LogP contribution is -2.33. The van der Waals surface area contributed by atoms with Crippen LogP contribution in [0.3, 0.4) is 0 Å². The number of nitrogens with zero attached hydrogens (tertiary/aromatic N) is 2. The molecule has 0 saturated carbocycles. The molecule has 7 heteroatoms. The summed E-state index contributed by atoms with van der Waals surface area (Å²) in [6, 6.07) is 8.85. The van der Waals surface area contributed by atoms with Crippen molar-refractivity contribution in [2.45, 2.75) is 13.3 Å². The topological polar surface area (TPSA) is 64.0 Å². The first kappa shape index (κ1) is 14.9. The van der Waals surface area contributed by atoms with Crippen molar-refractivity contribution in [2.75, 3.05) is 5.43 Å². The number of thiophene rings is 1. The number of nitrogens with one attached hydrogen (secondary N) is 1. The second-order valence-corrected chi connectivity index (χ2v) is 6.60. The van der Waals surface area contributed by atoms with Gasteiger partial charge in [-0.1, -0.05) is 19.1 Å². The number of fused-ring (bicyclic) bond motifs is 1. The standard InChI is InChI=1S/C15H12BrN3O2S/c1-2-9-7-11-14(22-9)17-8-19(15(11)21)18-13(20)10-5-3-4-6-12(10)16/h3-8H,2H2,1H3,(H,18,20). The van der Waals surface area contributed by atoms with Crippen LogP contribution in [0, 0.1) is 0 Å². The molecule has 0 fully saturated rings. The number of carbonyl (C=O) groups excluding carboxylic acids is 1. The van der Waals surface area contributed by atoms with E-state index in [2.05, 4.69) is 26.3 Å². The first-order chi connectivity index (χ1) is 10.6. The maximum atomic E-state index is 12.4. The molecule has 1 aromatic carbocycles. The first-order valence-corrected chi connectivity index (χ1v) is 8.27. The number of hydrogen-bond donors (Lipinski definition) is 1. The summed E-state index contributed by atoms with van der Waals surface area (Å²) in [7, 11) is 0. The minimum absolute atomic E-state index is 0.277. The van der Waals surface area contributed by atoms with Crippen LogP contribution in [0.25, 0.3) is 10.2 Å². The lowest BCUT2D eigenvalue weighted by Gasteiger charge is -2.08. The lowest BCUT2D eigenvalue weighted by atomic mass is 10.2. The molecule has 0 unspecified atom stereocenters. The number of rotatable bonds is 3. The van der Waals surface area contributed by atoms with Gasteiger partial charge in [0.2, 0.25) is 0 Å². The molecule has 0 atom stereocenters. The summed E-state index contributed by atoms with van der Waals surface area (Å²) in [6.07, 6.45) is 2.19. The molecule has 0 bridgehead atoms. The summed E-state index contributed by atoms with van der Waals surface area (Å²) in [5, 5.41) is 0.525. The van der Waals surface area contributed by atoms with Gasteiger partial charge in [0.1, 0.15) is 11.2 Å². The Morgan fingerprint density at radius 1 is 1.41 bits per heavy atom. The second-order valence-electron chi connectivity index (χ2n) is 4.63. The van der Waals surface area contributed by atoms with E-state index in [4.69, 9.17) is 0 Å². The molecule has 22 heavy (non-hydrogen) atoms. The molecule has 0 saturated heterocycles. The maximum Gasteiger partial charge on any atom is 0.280 e. The van der Waals surface area contributed by atoms with Crippen LogP contribution in [-0.4, -0.2) is 15.6 Å². The molecule has 0 spiro atoms. The van der Waals surface area contributed by atoms with Crippen LogP contribution in [0.4, 0.5) is 0 Å². The van der Waals surface area contributed by atoms with Crippen LogP contribution in [0.1, 0.15) is 22.2 Å². The number of hydrogen-bond acceptors (Lipinski definition) is 4. The molecule has 0 aliphatic rings. The Bertz CT molecular complexity index is 917. The smallest absolute Gasteiger partial charge is 0.267 e. The van der Waals surface area contributed by atoms with Gasteiger partial charge in [-0.15, -0.1) is 11.3 Å². The van der Waals surface area contributed by atoms with Gasteiger partial charge in [-0.05, 0) is 40.5 Å². The van der Waals surface area contributed by atoms with Crippen LogP contribution < -0.4 is 11.0 Å². The normalized spacial score (nSPS) is 10.8. The average molecular weight is 378 g/mol. The van der Waals surface area contributed by atoms with Gasteiger partial charge < -0.3 is 0 Å². The summed E-state index contributed by atoms with van der Waals surface area (Å²) < 4.78 is 1.79. The molecule has 3 aromatic rings. The van der Waals surface area contributed by atoms with Gasteiger partial charge in [-0.25, -0.2) is 9.66 Å². The Morgan fingerprint density at radius 2 is 2.18 bits per heavy atom. The van der Waals surface area contributed by atoms with Crippen molar-refractivity contribution in [3.8, 4) is 0 Å². The fourth-order valence-corrected chi connectivity index (χ4v) is 3.43. The lowest BCUT2D eigenvalue weighted by molar-refractivity contribution is 0.101. The highest BCUT2D eigenvalue weighted by molar-refractivity contribution is 9.10. The Balaban J connectivity index is 1.97. The van der Waals surface area contributed by atoms with Crippen molar-refractivity contribution in [2.24, 2.45) is 0 Å². The number of aryl methyl sites for hydroxylation is 1. The van der Waals surface area contributed by atoms with E-state index in [9.17, 15) is 9.59 Å². The Kier molecular flexibility index (Phi) is 4.08. The minimum atomic E-state index is -0.373. The van der Waals surface area contributed by atoms with Crippen molar-refractivity contribution in [3.05, 3.63) is 61.9 Å². The van der Waals surface area contributed by atoms with Gasteiger partial charge in [0, 0.05) is 9.35 Å². The van der Waals surface area contributed by atoms with E-state index in [0.29, 0.717) is 20.3 Å². The van der Waals surface area contributed by atoms with Gasteiger partial charge in [0.05, 0.1) is 10.9 Å². The zero-order valence-electron chi connectivity index (χ0n) is 11.7. The number of benzene rings is 1. The third-order valence-corrected chi connectivity index (χ3v) is 5.07. The van der Waals surface area contributed by atoms with E-state index in [1.807, 2.05) is 19.1 Å². The van der Waals surface area contributed by atoms with E-state index in [-0.39, 0.29) is 11.5 Å². The fourth-order valence-electron chi connectivity index (χ4n) is 2.04. The first-order valence-electron chi connectivity index (χ1n) is 6.66. The van der Waals surface area contributed by atoms with Crippen LogP contribution in [0.15, 0.2) is 45.9 Å². The highest BCUT2D eigenvalue weighted by atomic mass is 79.9. The Hall–Kier alpha value is -1.99. The predicted octanol–water partition coefficient (Wildman–Crippen LogP) is 3.17. The predicted molar refractivity (Wildman–Crippen MR) is 91.1 cm³/mol. The number of carbonyl (C=O) groups is 1. The number of amides is 1. The Morgan fingerprint density at radius 3 is 2.91 bits per heavy atom. The van der Waals surface area contributed by atoms with Crippen molar-refractivity contribution in [1.29, 1.82) is 0 Å². The van der Waals surface area contributed by atoms with Gasteiger partial charge in [0.15, 0.2) is 0 Å². The monoisotopic (exact) mass is 377 g/mol. The largest absolute Gasteiger partial charge is 0.280 e. The van der Waals surface area contributed by atoms with Crippen molar-refractivity contribution >= 4 is 43.4 Å². The van der Waals surface area contributed by atoms with Crippen molar-refractivity contribution in [1.82, 2.24) is 9.66 Å². The second kappa shape index (κ2) is 6.02. The molecule has 0 radical (unpaired) electrons. The van der Waals surface area contributed by atoms with E-state index in [1.54, 1.807) is 18.2 Å². The summed E-state index contributed by atoms with van der Waals surface area (Å²) >= 11 is 4.81. The number of halogens is 1. The molecular formula is C15H12BrN3O2S. The zero-order chi connectivity index (χ0) is 15.7. The van der Waals surface area contributed by atoms with Gasteiger partial charge in [-0.2, -0.15) is 0 Å². The molecule has 1 N–H and O–H groups in total. The van der Waals surface area contributed by atoms with Crippen LogP contribution in [-0.2, 0) is 6.42 Å². The van der Waals surface area contributed by atoms with Gasteiger partial charge in [-0.3, -0.25) is 15.0 Å². The van der Waals surface area contributed by atoms with E-state index < -0.39 is 0 Å².